The Kier molecular flexibility index (Phi) is 3.75. The number of hydrogen-bond acceptors (Lipinski definition) is 3. The molecule has 0 unspecified atom stereocenters. The van der Waals surface area contributed by atoms with Crippen LogP contribution < -0.4 is 5.32 Å². The number of amides is 1. The highest BCUT2D eigenvalue weighted by Crippen LogP contribution is 2.20. The molecule has 0 saturated heterocycles. The molecule has 108 valence electrons. The molecule has 5 heteroatoms. The maximum Gasteiger partial charge on any atom is 0.261 e. The van der Waals surface area contributed by atoms with E-state index in [-0.39, 0.29) is 5.91 Å². The van der Waals surface area contributed by atoms with E-state index in [9.17, 15) is 4.79 Å². The fraction of sp³-hybridized carbons (Fsp3) is 0.250. The lowest BCUT2D eigenvalue weighted by atomic mass is 10.3. The van der Waals surface area contributed by atoms with Gasteiger partial charge in [0.25, 0.3) is 5.91 Å². The van der Waals surface area contributed by atoms with Crippen LogP contribution >= 0.6 is 11.3 Å². The lowest BCUT2D eigenvalue weighted by Crippen LogP contribution is -2.25. The number of aromatic amines is 1. The molecule has 0 bridgehead atoms. The third kappa shape index (κ3) is 2.97. The number of carbonyl (C=O) groups excluding carboxylic acids is 1. The molecule has 3 rings (SSSR count). The number of imidazole rings is 1. The zero-order valence-electron chi connectivity index (χ0n) is 12.1. The van der Waals surface area contributed by atoms with Crippen LogP contribution in [-0.2, 0) is 6.42 Å². The van der Waals surface area contributed by atoms with Crippen LogP contribution in [-0.4, -0.2) is 22.4 Å². The molecule has 0 atom stereocenters. The zero-order valence-corrected chi connectivity index (χ0v) is 12.9. The van der Waals surface area contributed by atoms with E-state index in [1.165, 1.54) is 21.8 Å². The molecular weight excluding hydrogens is 282 g/mol. The number of aromatic nitrogens is 2. The highest BCUT2D eigenvalue weighted by atomic mass is 32.1. The number of hydrogen-bond donors (Lipinski definition) is 2. The molecule has 0 aliphatic rings. The molecule has 0 aliphatic heterocycles. The molecule has 3 aromatic rings. The van der Waals surface area contributed by atoms with Gasteiger partial charge in [0.15, 0.2) is 0 Å². The van der Waals surface area contributed by atoms with E-state index in [0.717, 1.165) is 21.7 Å². The first-order valence-electron chi connectivity index (χ1n) is 6.92. The maximum atomic E-state index is 12.0. The van der Waals surface area contributed by atoms with Gasteiger partial charge in [0.2, 0.25) is 0 Å². The molecule has 1 amide bonds. The molecule has 0 radical (unpaired) electrons. The van der Waals surface area contributed by atoms with E-state index in [2.05, 4.69) is 15.3 Å². The normalized spacial score (nSPS) is 11.0. The third-order valence-corrected chi connectivity index (χ3v) is 4.63. The maximum absolute atomic E-state index is 12.0. The summed E-state index contributed by atoms with van der Waals surface area (Å²) >= 11 is 1.54. The van der Waals surface area contributed by atoms with E-state index in [1.807, 2.05) is 44.2 Å². The number of benzene rings is 1. The van der Waals surface area contributed by atoms with Gasteiger partial charge in [-0.15, -0.1) is 11.3 Å². The Morgan fingerprint density at radius 1 is 1.33 bits per heavy atom. The highest BCUT2D eigenvalue weighted by molar-refractivity contribution is 7.14. The fourth-order valence-electron chi connectivity index (χ4n) is 2.19. The smallest absolute Gasteiger partial charge is 0.261 e. The number of aryl methyl sites for hydroxylation is 2. The summed E-state index contributed by atoms with van der Waals surface area (Å²) in [5.74, 6) is 0.891. The van der Waals surface area contributed by atoms with E-state index < -0.39 is 0 Å². The predicted octanol–water partition coefficient (Wildman–Crippen LogP) is 3.21. The SMILES string of the molecule is Cc1cc(C(=O)NCCc2nc3ccccc3[nH]2)sc1C. The van der Waals surface area contributed by atoms with Crippen molar-refractivity contribution in [2.75, 3.05) is 6.54 Å². The van der Waals surface area contributed by atoms with Crippen molar-refractivity contribution in [2.24, 2.45) is 0 Å². The van der Waals surface area contributed by atoms with Gasteiger partial charge in [-0.25, -0.2) is 4.98 Å². The first-order valence-corrected chi connectivity index (χ1v) is 7.74. The molecule has 0 spiro atoms. The Labute approximate surface area is 127 Å². The molecule has 2 N–H and O–H groups in total. The number of nitrogens with zero attached hydrogens (tertiary/aromatic N) is 1. The van der Waals surface area contributed by atoms with Crippen molar-refractivity contribution in [3.05, 3.63) is 51.5 Å². The Bertz CT molecular complexity index is 735. The minimum Gasteiger partial charge on any atom is -0.351 e. The Morgan fingerprint density at radius 3 is 2.86 bits per heavy atom. The van der Waals surface area contributed by atoms with E-state index in [4.69, 9.17) is 0 Å². The van der Waals surface area contributed by atoms with Gasteiger partial charge < -0.3 is 10.3 Å². The summed E-state index contributed by atoms with van der Waals surface area (Å²) in [6.45, 7) is 4.64. The van der Waals surface area contributed by atoms with Gasteiger partial charge in [-0.1, -0.05) is 12.1 Å². The van der Waals surface area contributed by atoms with E-state index >= 15 is 0 Å². The van der Waals surface area contributed by atoms with Crippen LogP contribution in [0, 0.1) is 13.8 Å². The summed E-state index contributed by atoms with van der Waals surface area (Å²) in [6.07, 6.45) is 0.698. The minimum atomic E-state index is -0.00712. The van der Waals surface area contributed by atoms with Crippen molar-refractivity contribution in [1.29, 1.82) is 0 Å². The number of thiophene rings is 1. The summed E-state index contributed by atoms with van der Waals surface area (Å²) in [4.78, 5) is 21.8. The first-order chi connectivity index (χ1) is 10.1. The second-order valence-corrected chi connectivity index (χ2v) is 6.31. The number of nitrogens with one attached hydrogen (secondary N) is 2. The molecule has 1 aromatic carbocycles. The largest absolute Gasteiger partial charge is 0.351 e. The fourth-order valence-corrected chi connectivity index (χ4v) is 3.14. The molecule has 0 fully saturated rings. The summed E-state index contributed by atoms with van der Waals surface area (Å²) in [7, 11) is 0. The van der Waals surface area contributed by atoms with E-state index in [1.54, 1.807) is 0 Å². The number of rotatable bonds is 4. The average molecular weight is 299 g/mol. The Hall–Kier alpha value is -2.14. The summed E-state index contributed by atoms with van der Waals surface area (Å²) in [5.41, 5.74) is 3.16. The summed E-state index contributed by atoms with van der Waals surface area (Å²) in [6, 6.07) is 9.87. The van der Waals surface area contributed by atoms with Gasteiger partial charge in [0.05, 0.1) is 15.9 Å². The van der Waals surface area contributed by atoms with Crippen LogP contribution in [0.4, 0.5) is 0 Å². The van der Waals surface area contributed by atoms with Gasteiger partial charge in [-0.05, 0) is 37.6 Å². The zero-order chi connectivity index (χ0) is 14.8. The molecule has 0 aliphatic carbocycles. The van der Waals surface area contributed by atoms with Gasteiger partial charge in [0, 0.05) is 17.8 Å². The quantitative estimate of drug-likeness (QED) is 0.777. The van der Waals surface area contributed by atoms with E-state index in [0.29, 0.717) is 13.0 Å². The van der Waals surface area contributed by atoms with Crippen LogP contribution in [0.25, 0.3) is 11.0 Å². The van der Waals surface area contributed by atoms with Crippen molar-refractivity contribution in [3.8, 4) is 0 Å². The van der Waals surface area contributed by atoms with Gasteiger partial charge in [-0.2, -0.15) is 0 Å². The highest BCUT2D eigenvalue weighted by Gasteiger charge is 2.10. The van der Waals surface area contributed by atoms with Crippen LogP contribution in [0.15, 0.2) is 30.3 Å². The van der Waals surface area contributed by atoms with Gasteiger partial charge in [0.1, 0.15) is 5.82 Å². The Balaban J connectivity index is 1.59. The number of fused-ring (bicyclic) bond motifs is 1. The number of para-hydroxylation sites is 2. The van der Waals surface area contributed by atoms with Crippen LogP contribution in [0.5, 0.6) is 0 Å². The van der Waals surface area contributed by atoms with Crippen LogP contribution in [0.1, 0.15) is 25.9 Å². The third-order valence-electron chi connectivity index (χ3n) is 3.48. The monoisotopic (exact) mass is 299 g/mol. The second-order valence-electron chi connectivity index (χ2n) is 5.06. The topological polar surface area (TPSA) is 57.8 Å². The standard InChI is InChI=1S/C16H17N3OS/c1-10-9-14(21-11(10)2)16(20)17-8-7-15-18-12-5-3-4-6-13(12)19-15/h3-6,9H,7-8H2,1-2H3,(H,17,20)(H,18,19). The average Bonchev–Trinajstić information content (AvgIpc) is 3.02. The molecule has 2 heterocycles. The van der Waals surface area contributed by atoms with Crippen molar-refractivity contribution in [3.63, 3.8) is 0 Å². The van der Waals surface area contributed by atoms with Crippen LogP contribution in [0.2, 0.25) is 0 Å². The van der Waals surface area contributed by atoms with Gasteiger partial charge >= 0.3 is 0 Å². The molecule has 21 heavy (non-hydrogen) atoms. The van der Waals surface area contributed by atoms with Crippen molar-refractivity contribution in [2.45, 2.75) is 20.3 Å². The van der Waals surface area contributed by atoms with Crippen molar-refractivity contribution in [1.82, 2.24) is 15.3 Å². The Morgan fingerprint density at radius 2 is 2.14 bits per heavy atom. The lowest BCUT2D eigenvalue weighted by Gasteiger charge is -2.01. The van der Waals surface area contributed by atoms with Crippen molar-refractivity contribution >= 4 is 28.3 Å². The van der Waals surface area contributed by atoms with Crippen molar-refractivity contribution < 1.29 is 4.79 Å². The predicted molar refractivity (Wildman–Crippen MR) is 85.9 cm³/mol. The minimum absolute atomic E-state index is 0.00712. The molecule has 0 saturated carbocycles. The van der Waals surface area contributed by atoms with Crippen LogP contribution in [0.3, 0.4) is 0 Å². The number of H-pyrrole nitrogens is 1. The number of carbonyl (C=O) groups is 1. The van der Waals surface area contributed by atoms with Gasteiger partial charge in [-0.3, -0.25) is 4.79 Å². The summed E-state index contributed by atoms with van der Waals surface area (Å²) < 4.78 is 0. The molecule has 4 nitrogen and oxygen atoms in total. The summed E-state index contributed by atoms with van der Waals surface area (Å²) in [5, 5.41) is 2.94. The second kappa shape index (κ2) is 5.69. The molecule has 2 aromatic heterocycles. The molecular formula is C16H17N3OS. The first kappa shape index (κ1) is 13.8. The lowest BCUT2D eigenvalue weighted by molar-refractivity contribution is 0.0958.